The van der Waals surface area contributed by atoms with E-state index in [4.69, 9.17) is 4.52 Å². The van der Waals surface area contributed by atoms with Crippen LogP contribution in [-0.4, -0.2) is 50.7 Å². The van der Waals surface area contributed by atoms with Crippen LogP contribution in [0.2, 0.25) is 0 Å². The highest BCUT2D eigenvalue weighted by Crippen LogP contribution is 2.18. The third-order valence-electron chi connectivity index (χ3n) is 3.37. The molecule has 0 bridgehead atoms. The zero-order valence-electron chi connectivity index (χ0n) is 12.2. The molecular weight excluding hydrogens is 302 g/mol. The van der Waals surface area contributed by atoms with E-state index in [-0.39, 0.29) is 12.1 Å². The number of aromatic nitrogens is 3. The maximum absolute atomic E-state index is 12.2. The summed E-state index contributed by atoms with van der Waals surface area (Å²) in [4.78, 5) is 22.3. The molecule has 0 unspecified atom stereocenters. The first-order chi connectivity index (χ1) is 10.7. The molecule has 1 atom stereocenters. The van der Waals surface area contributed by atoms with E-state index in [1.165, 1.54) is 0 Å². The molecule has 1 fully saturated rings. The summed E-state index contributed by atoms with van der Waals surface area (Å²) in [6, 6.07) is 3.25. The minimum Gasteiger partial charge on any atom is -0.337 e. The van der Waals surface area contributed by atoms with Gasteiger partial charge in [-0.1, -0.05) is 5.16 Å². The number of thioether (sulfide) groups is 1. The van der Waals surface area contributed by atoms with E-state index >= 15 is 0 Å². The summed E-state index contributed by atoms with van der Waals surface area (Å²) in [7, 11) is 0. The lowest BCUT2D eigenvalue weighted by Crippen LogP contribution is -2.45. The SMILES string of the molecule is C[C@H](NC(=O)N1CCSCC1)c1nc(-c2cccnc2)no1. The van der Waals surface area contributed by atoms with Crippen LogP contribution in [0.1, 0.15) is 18.9 Å². The highest BCUT2D eigenvalue weighted by atomic mass is 32.2. The van der Waals surface area contributed by atoms with Gasteiger partial charge in [0.15, 0.2) is 0 Å². The highest BCUT2D eigenvalue weighted by Gasteiger charge is 2.22. The van der Waals surface area contributed by atoms with Crippen LogP contribution in [0.3, 0.4) is 0 Å². The topological polar surface area (TPSA) is 84.2 Å². The molecule has 0 saturated carbocycles. The Bertz CT molecular complexity index is 627. The van der Waals surface area contributed by atoms with Crippen LogP contribution < -0.4 is 5.32 Å². The zero-order valence-corrected chi connectivity index (χ0v) is 13.0. The highest BCUT2D eigenvalue weighted by molar-refractivity contribution is 7.99. The fourth-order valence-electron chi connectivity index (χ4n) is 2.13. The predicted octanol–water partition coefficient (Wildman–Crippen LogP) is 1.95. The standard InChI is InChI=1S/C14H17N5O2S/c1-10(16-14(20)19-5-7-22-8-6-19)13-17-12(18-21-13)11-3-2-4-15-9-11/h2-4,9-10H,5-8H2,1H3,(H,16,20)/t10-/m0/s1. The van der Waals surface area contributed by atoms with Crippen molar-refractivity contribution < 1.29 is 9.32 Å². The first-order valence-corrected chi connectivity index (χ1v) is 8.26. The van der Waals surface area contributed by atoms with Crippen LogP contribution in [0.5, 0.6) is 0 Å². The van der Waals surface area contributed by atoms with Crippen LogP contribution in [0.25, 0.3) is 11.4 Å². The quantitative estimate of drug-likeness (QED) is 0.931. The Morgan fingerprint density at radius 1 is 1.45 bits per heavy atom. The molecule has 3 rings (SSSR count). The molecular formula is C14H17N5O2S. The summed E-state index contributed by atoms with van der Waals surface area (Å²) in [5.41, 5.74) is 0.782. The molecule has 7 nitrogen and oxygen atoms in total. The molecule has 0 aromatic carbocycles. The fourth-order valence-corrected chi connectivity index (χ4v) is 3.03. The molecule has 22 heavy (non-hydrogen) atoms. The molecule has 2 aromatic heterocycles. The lowest BCUT2D eigenvalue weighted by molar-refractivity contribution is 0.196. The molecule has 1 saturated heterocycles. The van der Waals surface area contributed by atoms with Crippen LogP contribution in [0, 0.1) is 0 Å². The number of nitrogens with zero attached hydrogens (tertiary/aromatic N) is 4. The number of amides is 2. The number of pyridine rings is 1. The van der Waals surface area contributed by atoms with Gasteiger partial charge in [-0.2, -0.15) is 16.7 Å². The Hall–Kier alpha value is -2.09. The molecule has 3 heterocycles. The van der Waals surface area contributed by atoms with E-state index in [0.29, 0.717) is 11.7 Å². The van der Waals surface area contributed by atoms with E-state index in [1.807, 2.05) is 35.7 Å². The molecule has 116 valence electrons. The Morgan fingerprint density at radius 3 is 3.00 bits per heavy atom. The molecule has 1 aliphatic heterocycles. The maximum atomic E-state index is 12.2. The Morgan fingerprint density at radius 2 is 2.27 bits per heavy atom. The average molecular weight is 319 g/mol. The molecule has 0 spiro atoms. The second-order valence-electron chi connectivity index (χ2n) is 4.97. The number of hydrogen-bond donors (Lipinski definition) is 1. The number of nitrogens with one attached hydrogen (secondary N) is 1. The van der Waals surface area contributed by atoms with Crippen LogP contribution in [0.15, 0.2) is 29.0 Å². The van der Waals surface area contributed by atoms with Gasteiger partial charge in [-0.05, 0) is 19.1 Å². The second kappa shape index (κ2) is 6.78. The second-order valence-corrected chi connectivity index (χ2v) is 6.19. The Balaban J connectivity index is 1.64. The van der Waals surface area contributed by atoms with E-state index in [0.717, 1.165) is 30.2 Å². The van der Waals surface area contributed by atoms with E-state index in [2.05, 4.69) is 20.4 Å². The van der Waals surface area contributed by atoms with Gasteiger partial charge in [0.1, 0.15) is 6.04 Å². The monoisotopic (exact) mass is 319 g/mol. The molecule has 0 radical (unpaired) electrons. The van der Waals surface area contributed by atoms with Gasteiger partial charge in [0, 0.05) is 42.6 Å². The van der Waals surface area contributed by atoms with Gasteiger partial charge in [0.25, 0.3) is 0 Å². The third kappa shape index (κ3) is 3.38. The molecule has 1 N–H and O–H groups in total. The fraction of sp³-hybridized carbons (Fsp3) is 0.429. The summed E-state index contributed by atoms with van der Waals surface area (Å²) in [6.45, 7) is 3.37. The Kier molecular flexibility index (Phi) is 4.57. The van der Waals surface area contributed by atoms with Crippen molar-refractivity contribution in [1.82, 2.24) is 25.3 Å². The predicted molar refractivity (Wildman–Crippen MR) is 83.4 cm³/mol. The first kappa shape index (κ1) is 14.8. The van der Waals surface area contributed by atoms with Crippen molar-refractivity contribution in [3.05, 3.63) is 30.4 Å². The van der Waals surface area contributed by atoms with Gasteiger partial charge >= 0.3 is 6.03 Å². The number of hydrogen-bond acceptors (Lipinski definition) is 6. The van der Waals surface area contributed by atoms with Gasteiger partial charge in [0.05, 0.1) is 0 Å². The van der Waals surface area contributed by atoms with Crippen molar-refractivity contribution in [2.45, 2.75) is 13.0 Å². The van der Waals surface area contributed by atoms with E-state index in [9.17, 15) is 4.79 Å². The first-order valence-electron chi connectivity index (χ1n) is 7.11. The van der Waals surface area contributed by atoms with E-state index in [1.54, 1.807) is 12.4 Å². The van der Waals surface area contributed by atoms with Crippen LogP contribution in [0.4, 0.5) is 4.79 Å². The van der Waals surface area contributed by atoms with Crippen molar-refractivity contribution in [3.8, 4) is 11.4 Å². The van der Waals surface area contributed by atoms with Gasteiger partial charge in [-0.15, -0.1) is 0 Å². The molecule has 2 amide bonds. The lowest BCUT2D eigenvalue weighted by atomic mass is 10.3. The largest absolute Gasteiger partial charge is 0.337 e. The number of urea groups is 1. The minimum atomic E-state index is -0.333. The van der Waals surface area contributed by atoms with Gasteiger partial charge in [-0.25, -0.2) is 4.79 Å². The van der Waals surface area contributed by atoms with Crippen molar-refractivity contribution >= 4 is 17.8 Å². The van der Waals surface area contributed by atoms with Gasteiger partial charge in [-0.3, -0.25) is 4.98 Å². The van der Waals surface area contributed by atoms with Crippen molar-refractivity contribution in [2.24, 2.45) is 0 Å². The van der Waals surface area contributed by atoms with Crippen molar-refractivity contribution in [1.29, 1.82) is 0 Å². The van der Waals surface area contributed by atoms with Crippen molar-refractivity contribution in [2.75, 3.05) is 24.6 Å². The third-order valence-corrected chi connectivity index (χ3v) is 4.31. The smallest absolute Gasteiger partial charge is 0.318 e. The van der Waals surface area contributed by atoms with Crippen molar-refractivity contribution in [3.63, 3.8) is 0 Å². The van der Waals surface area contributed by atoms with E-state index < -0.39 is 0 Å². The normalized spacial score (nSPS) is 16.3. The maximum Gasteiger partial charge on any atom is 0.318 e. The van der Waals surface area contributed by atoms with Gasteiger partial charge < -0.3 is 14.7 Å². The molecule has 0 aliphatic carbocycles. The number of carbonyl (C=O) groups excluding carboxylic acids is 1. The zero-order chi connectivity index (χ0) is 15.4. The summed E-state index contributed by atoms with van der Waals surface area (Å²) in [5, 5.41) is 6.83. The lowest BCUT2D eigenvalue weighted by Gasteiger charge is -2.27. The van der Waals surface area contributed by atoms with Crippen LogP contribution >= 0.6 is 11.8 Å². The van der Waals surface area contributed by atoms with Gasteiger partial charge in [0.2, 0.25) is 11.7 Å². The summed E-state index contributed by atoms with van der Waals surface area (Å²) in [6.07, 6.45) is 3.35. The van der Waals surface area contributed by atoms with Crippen LogP contribution in [-0.2, 0) is 0 Å². The number of rotatable bonds is 3. The summed E-state index contributed by atoms with van der Waals surface area (Å²) in [5.74, 6) is 2.82. The average Bonchev–Trinajstić information content (AvgIpc) is 3.06. The number of carbonyl (C=O) groups is 1. The Labute approximate surface area is 132 Å². The molecule has 1 aliphatic rings. The summed E-state index contributed by atoms with van der Waals surface area (Å²) < 4.78 is 5.24. The molecule has 2 aromatic rings. The minimum absolute atomic E-state index is 0.0890. The molecule has 8 heteroatoms. The summed E-state index contributed by atoms with van der Waals surface area (Å²) >= 11 is 1.86.